The van der Waals surface area contributed by atoms with E-state index in [2.05, 4.69) is 58.5 Å². The van der Waals surface area contributed by atoms with Gasteiger partial charge >= 0.3 is 0 Å². The Labute approximate surface area is 124 Å². The summed E-state index contributed by atoms with van der Waals surface area (Å²) in [5.41, 5.74) is 1.32. The number of likely N-dealkylation sites (N-methyl/N-ethyl adjacent to an activating group) is 1. The van der Waals surface area contributed by atoms with Crippen molar-refractivity contribution in [3.05, 3.63) is 53.4 Å². The fourth-order valence-corrected chi connectivity index (χ4v) is 2.12. The van der Waals surface area contributed by atoms with Crippen LogP contribution in [0.25, 0.3) is 0 Å². The zero-order valence-electron chi connectivity index (χ0n) is 11.8. The molecule has 1 heterocycles. The van der Waals surface area contributed by atoms with E-state index in [1.165, 1.54) is 11.8 Å². The lowest BCUT2D eigenvalue weighted by atomic mass is 10.1. The van der Waals surface area contributed by atoms with E-state index in [4.69, 9.17) is 11.6 Å². The van der Waals surface area contributed by atoms with E-state index in [0.717, 1.165) is 13.0 Å². The monoisotopic (exact) mass is 290 g/mol. The molecule has 0 bridgehead atoms. The Bertz CT molecular complexity index is 530. The second-order valence-corrected chi connectivity index (χ2v) is 5.30. The molecule has 0 unspecified atom stereocenters. The third kappa shape index (κ3) is 4.47. The molecule has 0 spiro atoms. The van der Waals surface area contributed by atoms with Crippen LogP contribution in [0, 0.1) is 0 Å². The number of hydrogen-bond donors (Lipinski definition) is 1. The third-order valence-corrected chi connectivity index (χ3v) is 3.35. The zero-order chi connectivity index (χ0) is 14.4. The molecule has 1 aromatic heterocycles. The Kier molecular flexibility index (Phi) is 5.32. The molecule has 0 radical (unpaired) electrons. The molecule has 0 saturated carbocycles. The molecule has 0 aliphatic heterocycles. The molecule has 0 aliphatic rings. The van der Waals surface area contributed by atoms with Crippen molar-refractivity contribution in [2.45, 2.75) is 12.5 Å². The van der Waals surface area contributed by atoms with Gasteiger partial charge in [-0.15, -0.1) is 0 Å². The number of halogens is 1. The van der Waals surface area contributed by atoms with Crippen molar-refractivity contribution >= 4 is 17.4 Å². The van der Waals surface area contributed by atoms with Crippen molar-refractivity contribution in [2.24, 2.45) is 0 Å². The molecule has 106 valence electrons. The molecule has 0 aliphatic carbocycles. The minimum atomic E-state index is 0.373. The van der Waals surface area contributed by atoms with Crippen LogP contribution >= 0.6 is 11.6 Å². The summed E-state index contributed by atoms with van der Waals surface area (Å²) in [4.78, 5) is 10.4. The van der Waals surface area contributed by atoms with Gasteiger partial charge in [0, 0.05) is 12.6 Å². The van der Waals surface area contributed by atoms with Gasteiger partial charge in [0.2, 0.25) is 0 Å². The zero-order valence-corrected chi connectivity index (χ0v) is 12.5. The molecule has 0 amide bonds. The van der Waals surface area contributed by atoms with E-state index < -0.39 is 0 Å². The number of nitrogens with zero attached hydrogens (tertiary/aromatic N) is 3. The van der Waals surface area contributed by atoms with E-state index in [-0.39, 0.29) is 0 Å². The fraction of sp³-hybridized carbons (Fsp3) is 0.333. The van der Waals surface area contributed by atoms with Crippen molar-refractivity contribution in [1.29, 1.82) is 0 Å². The highest BCUT2D eigenvalue weighted by Gasteiger charge is 2.12. The maximum absolute atomic E-state index is 5.83. The largest absolute Gasteiger partial charge is 0.367 e. The Morgan fingerprint density at radius 1 is 1.20 bits per heavy atom. The molecule has 1 atom stereocenters. The topological polar surface area (TPSA) is 41.0 Å². The molecule has 1 N–H and O–H groups in total. The van der Waals surface area contributed by atoms with Crippen LogP contribution in [0.4, 0.5) is 5.82 Å². The van der Waals surface area contributed by atoms with Gasteiger partial charge in [0.05, 0.1) is 12.4 Å². The normalized spacial score (nSPS) is 12.4. The number of rotatable bonds is 6. The van der Waals surface area contributed by atoms with Crippen LogP contribution in [0.3, 0.4) is 0 Å². The van der Waals surface area contributed by atoms with Crippen molar-refractivity contribution < 1.29 is 0 Å². The van der Waals surface area contributed by atoms with E-state index in [1.807, 2.05) is 6.07 Å². The van der Waals surface area contributed by atoms with E-state index in [0.29, 0.717) is 17.0 Å². The first-order valence-corrected chi connectivity index (χ1v) is 6.94. The van der Waals surface area contributed by atoms with Gasteiger partial charge in [-0.05, 0) is 26.1 Å². The first kappa shape index (κ1) is 14.8. The SMILES string of the molecule is CN(C)[C@H](CNc1cncc(Cl)n1)Cc1ccccc1. The van der Waals surface area contributed by atoms with Crippen LogP contribution in [-0.4, -0.2) is 41.5 Å². The number of hydrogen-bond acceptors (Lipinski definition) is 4. The summed E-state index contributed by atoms with van der Waals surface area (Å²) in [7, 11) is 4.16. The van der Waals surface area contributed by atoms with E-state index in [9.17, 15) is 0 Å². The first-order valence-electron chi connectivity index (χ1n) is 6.57. The van der Waals surface area contributed by atoms with Crippen LogP contribution in [0.15, 0.2) is 42.7 Å². The molecular weight excluding hydrogens is 272 g/mol. The van der Waals surface area contributed by atoms with Gasteiger partial charge in [0.25, 0.3) is 0 Å². The van der Waals surface area contributed by atoms with Gasteiger partial charge in [-0.3, -0.25) is 4.98 Å². The molecule has 5 heteroatoms. The molecule has 0 saturated heterocycles. The Balaban J connectivity index is 1.96. The summed E-state index contributed by atoms with van der Waals surface area (Å²) < 4.78 is 0. The van der Waals surface area contributed by atoms with E-state index in [1.54, 1.807) is 6.20 Å². The molecule has 20 heavy (non-hydrogen) atoms. The standard InChI is InChI=1S/C15H19ClN4/c1-20(2)13(8-12-6-4-3-5-7-12)9-18-15-11-17-10-14(16)19-15/h3-7,10-11,13H,8-9H2,1-2H3,(H,18,19)/t13-/m0/s1. The highest BCUT2D eigenvalue weighted by molar-refractivity contribution is 6.29. The van der Waals surface area contributed by atoms with E-state index >= 15 is 0 Å². The highest BCUT2D eigenvalue weighted by atomic mass is 35.5. The Morgan fingerprint density at radius 3 is 2.60 bits per heavy atom. The molecule has 2 rings (SSSR count). The second kappa shape index (κ2) is 7.22. The summed E-state index contributed by atoms with van der Waals surface area (Å²) in [5, 5.41) is 3.69. The predicted octanol–water partition coefficient (Wildman–Crippen LogP) is 2.71. The summed E-state index contributed by atoms with van der Waals surface area (Å²) in [6.45, 7) is 0.789. The number of anilines is 1. The van der Waals surface area contributed by atoms with Crippen molar-refractivity contribution in [3.63, 3.8) is 0 Å². The minimum absolute atomic E-state index is 0.373. The quantitative estimate of drug-likeness (QED) is 0.888. The second-order valence-electron chi connectivity index (χ2n) is 4.92. The van der Waals surface area contributed by atoms with Crippen LogP contribution in [0.5, 0.6) is 0 Å². The lowest BCUT2D eigenvalue weighted by Gasteiger charge is -2.25. The fourth-order valence-electron chi connectivity index (χ4n) is 1.97. The predicted molar refractivity (Wildman–Crippen MR) is 83.2 cm³/mol. The summed E-state index contributed by atoms with van der Waals surface area (Å²) in [6, 6.07) is 10.8. The summed E-state index contributed by atoms with van der Waals surface area (Å²) >= 11 is 5.83. The number of nitrogens with one attached hydrogen (secondary N) is 1. The molecule has 0 fully saturated rings. The van der Waals surface area contributed by atoms with Gasteiger partial charge in [0.1, 0.15) is 11.0 Å². The maximum atomic E-state index is 5.83. The van der Waals surface area contributed by atoms with Gasteiger partial charge < -0.3 is 10.2 Å². The summed E-state index contributed by atoms with van der Waals surface area (Å²) in [5.74, 6) is 0.706. The van der Waals surface area contributed by atoms with Crippen LogP contribution < -0.4 is 5.32 Å². The van der Waals surface area contributed by atoms with Gasteiger partial charge in [-0.1, -0.05) is 41.9 Å². The van der Waals surface area contributed by atoms with Crippen molar-refractivity contribution in [3.8, 4) is 0 Å². The van der Waals surface area contributed by atoms with Gasteiger partial charge in [-0.2, -0.15) is 0 Å². The smallest absolute Gasteiger partial charge is 0.149 e. The van der Waals surface area contributed by atoms with Crippen molar-refractivity contribution in [2.75, 3.05) is 26.0 Å². The molecular formula is C15H19ClN4. The van der Waals surface area contributed by atoms with Crippen LogP contribution in [0.1, 0.15) is 5.56 Å². The molecule has 2 aromatic rings. The number of benzene rings is 1. The van der Waals surface area contributed by atoms with Gasteiger partial charge in [-0.25, -0.2) is 4.98 Å². The molecule has 4 nitrogen and oxygen atoms in total. The molecule has 1 aromatic carbocycles. The number of aromatic nitrogens is 2. The Hall–Kier alpha value is -1.65. The van der Waals surface area contributed by atoms with Gasteiger partial charge in [0.15, 0.2) is 0 Å². The summed E-state index contributed by atoms with van der Waals surface area (Å²) in [6.07, 6.45) is 4.19. The average molecular weight is 291 g/mol. The highest BCUT2D eigenvalue weighted by Crippen LogP contribution is 2.10. The van der Waals surface area contributed by atoms with Crippen molar-refractivity contribution in [1.82, 2.24) is 14.9 Å². The van der Waals surface area contributed by atoms with Crippen LogP contribution in [0.2, 0.25) is 5.15 Å². The lowest BCUT2D eigenvalue weighted by molar-refractivity contribution is 0.303. The minimum Gasteiger partial charge on any atom is -0.367 e. The van der Waals surface area contributed by atoms with Crippen LogP contribution in [-0.2, 0) is 6.42 Å². The lowest BCUT2D eigenvalue weighted by Crippen LogP contribution is -2.36. The first-order chi connectivity index (χ1) is 9.65. The maximum Gasteiger partial charge on any atom is 0.149 e. The third-order valence-electron chi connectivity index (χ3n) is 3.17. The average Bonchev–Trinajstić information content (AvgIpc) is 2.44. The Morgan fingerprint density at radius 2 is 1.95 bits per heavy atom.